The van der Waals surface area contributed by atoms with E-state index in [1.807, 2.05) is 0 Å². The number of halogens is 2. The summed E-state index contributed by atoms with van der Waals surface area (Å²) in [5.41, 5.74) is 19.2. The maximum Gasteiger partial charge on any atom is -0.147 e. The van der Waals surface area contributed by atoms with Crippen molar-refractivity contribution in [1.82, 2.24) is 0 Å². The Morgan fingerprint density at radius 1 is 0.554 bits per heavy atom. The maximum absolute atomic E-state index is 6.64. The molecule has 6 aromatic rings. The van der Waals surface area contributed by atoms with Crippen LogP contribution in [0.2, 0.25) is 13.1 Å². The zero-order valence-corrected chi connectivity index (χ0v) is 39.1. The fraction of sp³-hybridized carbons (Fsp3) is 0.280. The second-order valence-electron chi connectivity index (χ2n) is 15.7. The summed E-state index contributed by atoms with van der Waals surface area (Å²) in [5.74, 6) is 4.03. The van der Waals surface area contributed by atoms with Crippen molar-refractivity contribution in [2.45, 2.75) is 87.6 Å². The Labute approximate surface area is 354 Å². The normalized spacial score (nSPS) is 15.4. The number of furan rings is 2. The van der Waals surface area contributed by atoms with Gasteiger partial charge in [-0.15, -0.1) is 24.8 Å². The van der Waals surface area contributed by atoms with Gasteiger partial charge in [-0.3, -0.25) is 0 Å². The second-order valence-corrected chi connectivity index (χ2v) is 33.5. The second kappa shape index (κ2) is 17.6. The molecular formula is C50H54Cl2O2SiZr. The van der Waals surface area contributed by atoms with Gasteiger partial charge in [0.15, 0.2) is 0 Å². The Hall–Kier alpha value is -3.40. The monoisotopic (exact) mass is 874 g/mol. The average Bonchev–Trinajstić information content (AvgIpc) is 3.96. The van der Waals surface area contributed by atoms with E-state index in [0.717, 1.165) is 48.7 Å². The molecule has 2 nitrogen and oxygen atoms in total. The molecule has 0 bridgehead atoms. The molecule has 2 atom stereocenters. The number of allylic oxidation sites excluding steroid dienone is 2. The number of hydrogen-bond acceptors (Lipinski definition) is 2. The van der Waals surface area contributed by atoms with Gasteiger partial charge < -0.3 is 0 Å². The standard InChI is InChI=1S/2C24H23O.C2H6Si.2ClH.Zr/c2*1-4-8-21-16(2)13-19-14-20(23-12-11-17(3)25-23)15-22(19)24(21)18-9-6-5-7-10-18;1-3-2;;;/h2*5-7,9-15H,4,8H2,1-3H3;1-2H3;2*1H;. The van der Waals surface area contributed by atoms with Gasteiger partial charge in [0.25, 0.3) is 0 Å². The van der Waals surface area contributed by atoms with Crippen LogP contribution < -0.4 is 0 Å². The van der Waals surface area contributed by atoms with Crippen LogP contribution in [0.5, 0.6) is 0 Å². The summed E-state index contributed by atoms with van der Waals surface area (Å²) < 4.78 is 14.0. The number of hydrogen-bond donors (Lipinski definition) is 0. The van der Waals surface area contributed by atoms with Crippen LogP contribution in [0.1, 0.15) is 101 Å². The molecule has 0 amide bonds. The van der Waals surface area contributed by atoms with Crippen LogP contribution in [0.3, 0.4) is 0 Å². The largest absolute Gasteiger partial charge is 0.147 e. The molecule has 0 spiro atoms. The molecule has 2 heterocycles. The Balaban J connectivity index is 0.00000266. The zero-order chi connectivity index (χ0) is 37.7. The predicted octanol–water partition coefficient (Wildman–Crippen LogP) is 14.9. The third-order valence-corrected chi connectivity index (χ3v) is 30.9. The molecule has 8 rings (SSSR count). The van der Waals surface area contributed by atoms with Gasteiger partial charge in [-0.2, -0.15) is 0 Å². The third-order valence-electron chi connectivity index (χ3n) is 11.7. The summed E-state index contributed by atoms with van der Waals surface area (Å²) in [6, 6.07) is 36.3. The topological polar surface area (TPSA) is 26.3 Å². The van der Waals surface area contributed by atoms with Crippen molar-refractivity contribution in [3.8, 4) is 22.3 Å². The Kier molecular flexibility index (Phi) is 13.3. The van der Waals surface area contributed by atoms with Gasteiger partial charge in [0.05, 0.1) is 0 Å². The van der Waals surface area contributed by atoms with E-state index in [0.29, 0.717) is 7.25 Å². The molecule has 4 aromatic carbocycles. The first kappa shape index (κ1) is 42.2. The SMILES string of the molecule is CCCc1c(C)cc2c(c1-c1ccccc1)C=C(c1ccc(C)o1)[CH]2[Zr]([CH]1C(c2ccc(C)o2)=Cc2c1cc(C)c(CCC)c2-c1ccccc1)=[Si](C)C.Cl.Cl. The first-order chi connectivity index (χ1) is 26.2. The van der Waals surface area contributed by atoms with Crippen LogP contribution in [0.15, 0.2) is 106 Å². The molecular weight excluding hydrogens is 823 g/mol. The molecule has 0 N–H and O–H groups in total. The van der Waals surface area contributed by atoms with E-state index < -0.39 is 25.8 Å². The van der Waals surface area contributed by atoms with Crippen molar-refractivity contribution < 1.29 is 29.2 Å². The van der Waals surface area contributed by atoms with Gasteiger partial charge >= 0.3 is 332 Å². The molecule has 0 fully saturated rings. The van der Waals surface area contributed by atoms with Crippen LogP contribution in [0.4, 0.5) is 0 Å². The Morgan fingerprint density at radius 3 is 1.27 bits per heavy atom. The van der Waals surface area contributed by atoms with Crippen LogP contribution >= 0.6 is 24.8 Å². The first-order valence-corrected chi connectivity index (χ1v) is 28.9. The van der Waals surface area contributed by atoms with E-state index in [9.17, 15) is 0 Å². The molecule has 2 aliphatic rings. The van der Waals surface area contributed by atoms with E-state index in [1.54, 1.807) is 0 Å². The number of fused-ring (bicyclic) bond motifs is 2. The van der Waals surface area contributed by atoms with Crippen molar-refractivity contribution in [3.63, 3.8) is 0 Å². The molecule has 2 aromatic heterocycles. The minimum atomic E-state index is -2.69. The number of benzene rings is 4. The summed E-state index contributed by atoms with van der Waals surface area (Å²) >= 11 is -2.69. The van der Waals surface area contributed by atoms with Crippen molar-refractivity contribution in [3.05, 3.63) is 165 Å². The molecule has 0 saturated heterocycles. The van der Waals surface area contributed by atoms with E-state index in [4.69, 9.17) is 8.83 Å². The Bertz CT molecular complexity index is 2310. The van der Waals surface area contributed by atoms with Crippen LogP contribution in [-0.2, 0) is 33.2 Å². The van der Waals surface area contributed by atoms with Crippen molar-refractivity contribution >= 4 is 53.5 Å². The third kappa shape index (κ3) is 7.53. The fourth-order valence-electron chi connectivity index (χ4n) is 9.44. The molecule has 56 heavy (non-hydrogen) atoms. The summed E-state index contributed by atoms with van der Waals surface area (Å²) in [6.45, 7) is 18.8. The summed E-state index contributed by atoms with van der Waals surface area (Å²) in [6.07, 6.45) is 9.50. The van der Waals surface area contributed by atoms with Gasteiger partial charge in [-0.1, -0.05) is 0 Å². The first-order valence-electron chi connectivity index (χ1n) is 19.9. The van der Waals surface area contributed by atoms with Crippen molar-refractivity contribution in [2.75, 3.05) is 0 Å². The number of aryl methyl sites for hydroxylation is 4. The van der Waals surface area contributed by atoms with Crippen molar-refractivity contribution in [1.29, 1.82) is 0 Å². The maximum atomic E-state index is 6.64. The van der Waals surface area contributed by atoms with Crippen molar-refractivity contribution in [2.24, 2.45) is 0 Å². The van der Waals surface area contributed by atoms with Crippen LogP contribution in [0, 0.1) is 27.7 Å². The van der Waals surface area contributed by atoms with E-state index >= 15 is 0 Å². The average molecular weight is 877 g/mol. The van der Waals surface area contributed by atoms with Crippen LogP contribution in [0.25, 0.3) is 45.6 Å². The van der Waals surface area contributed by atoms with E-state index in [1.165, 1.54) is 77.9 Å². The minimum Gasteiger partial charge on any atom is -0.147 e. The molecule has 2 unspecified atom stereocenters. The summed E-state index contributed by atoms with van der Waals surface area (Å²) in [5, 5.41) is 0. The summed E-state index contributed by atoms with van der Waals surface area (Å²) in [7, 11) is 0. The fourth-order valence-corrected chi connectivity index (χ4v) is 29.2. The number of rotatable bonds is 10. The summed E-state index contributed by atoms with van der Waals surface area (Å²) in [4.78, 5) is 0. The molecule has 288 valence electrons. The van der Waals surface area contributed by atoms with E-state index in [2.05, 4.69) is 164 Å². The Morgan fingerprint density at radius 2 is 0.946 bits per heavy atom. The van der Waals surface area contributed by atoms with E-state index in [-0.39, 0.29) is 24.8 Å². The quantitative estimate of drug-likeness (QED) is 0.128. The molecule has 0 saturated carbocycles. The molecule has 6 heteroatoms. The molecule has 0 aliphatic heterocycles. The zero-order valence-electron chi connectivity index (χ0n) is 34.0. The smallest absolute Gasteiger partial charge is 0.147 e. The van der Waals surface area contributed by atoms with Gasteiger partial charge in [0, 0.05) is 0 Å². The molecule has 0 radical (unpaired) electrons. The predicted molar refractivity (Wildman–Crippen MR) is 241 cm³/mol. The van der Waals surface area contributed by atoms with Gasteiger partial charge in [0.1, 0.15) is 0 Å². The molecule has 2 aliphatic carbocycles. The van der Waals surface area contributed by atoms with Gasteiger partial charge in [-0.05, 0) is 0 Å². The minimum absolute atomic E-state index is 0. The van der Waals surface area contributed by atoms with Gasteiger partial charge in [-0.25, -0.2) is 0 Å². The van der Waals surface area contributed by atoms with Gasteiger partial charge in [0.2, 0.25) is 0 Å². The van der Waals surface area contributed by atoms with Crippen LogP contribution in [-0.4, -0.2) is 5.43 Å².